The van der Waals surface area contributed by atoms with Gasteiger partial charge in [-0.05, 0) is 62.2 Å². The summed E-state index contributed by atoms with van der Waals surface area (Å²) in [5.74, 6) is -0.785. The van der Waals surface area contributed by atoms with Crippen LogP contribution in [0.1, 0.15) is 49.8 Å². The maximum atomic E-state index is 13.7. The highest BCUT2D eigenvalue weighted by atomic mass is 16.6. The predicted molar refractivity (Wildman–Crippen MR) is 128 cm³/mol. The maximum absolute atomic E-state index is 13.7. The van der Waals surface area contributed by atoms with Crippen molar-refractivity contribution < 1.29 is 14.3 Å². The van der Waals surface area contributed by atoms with Crippen molar-refractivity contribution in [1.29, 1.82) is 5.26 Å². The first-order valence-corrected chi connectivity index (χ1v) is 11.2. The summed E-state index contributed by atoms with van der Waals surface area (Å²) >= 11 is 0. The number of ether oxygens (including phenoxy) is 1. The number of carbonyl (C=O) groups excluding carboxylic acids is 2. The molecule has 0 spiro atoms. The van der Waals surface area contributed by atoms with E-state index in [9.17, 15) is 14.9 Å². The smallest absolute Gasteiger partial charge is 0.417 e. The van der Waals surface area contributed by atoms with E-state index in [0.29, 0.717) is 17.6 Å². The Morgan fingerprint density at radius 2 is 1.97 bits per heavy atom. The topological polar surface area (TPSA) is 95.3 Å². The molecule has 5 rings (SSSR count). The third-order valence-corrected chi connectivity index (χ3v) is 6.03. The van der Waals surface area contributed by atoms with Gasteiger partial charge in [-0.15, -0.1) is 0 Å². The standard InChI is InChI=1S/C27H24N4O3/c1-27(2,3)34-26(33)31-12-10-20-24(25(31)32)23(17-8-6-16(15-28)7-9-17)19-14-21-18(5-4-11-29-21)13-22(19)30-20/h4-9,11,13-14,23,30H,10,12H2,1-3H3. The van der Waals surface area contributed by atoms with Gasteiger partial charge in [0, 0.05) is 47.4 Å². The fourth-order valence-corrected chi connectivity index (χ4v) is 4.55. The Hall–Kier alpha value is -4.18. The van der Waals surface area contributed by atoms with Crippen LogP contribution in [0.5, 0.6) is 0 Å². The lowest BCUT2D eigenvalue weighted by atomic mass is 9.78. The van der Waals surface area contributed by atoms with E-state index in [-0.39, 0.29) is 12.5 Å². The number of imide groups is 1. The molecule has 2 aliphatic rings. The highest BCUT2D eigenvalue weighted by molar-refractivity contribution is 6.07. The summed E-state index contributed by atoms with van der Waals surface area (Å²) in [5.41, 5.74) is 4.64. The zero-order chi connectivity index (χ0) is 24.0. The van der Waals surface area contributed by atoms with Gasteiger partial charge in [-0.2, -0.15) is 5.26 Å². The average Bonchev–Trinajstić information content (AvgIpc) is 2.80. The van der Waals surface area contributed by atoms with Gasteiger partial charge < -0.3 is 10.1 Å². The molecule has 3 aromatic rings. The first-order chi connectivity index (χ1) is 16.2. The highest BCUT2D eigenvalue weighted by Gasteiger charge is 2.41. The molecule has 170 valence electrons. The second kappa shape index (κ2) is 7.99. The van der Waals surface area contributed by atoms with Crippen molar-refractivity contribution in [2.24, 2.45) is 0 Å². The first kappa shape index (κ1) is 21.7. The van der Waals surface area contributed by atoms with Crippen molar-refractivity contribution in [2.75, 3.05) is 11.9 Å². The SMILES string of the molecule is CC(C)(C)OC(=O)N1CCC2=C(C1=O)C(c1ccc(C#N)cc1)c1cc3ncccc3cc1N2. The Bertz CT molecular complexity index is 1390. The fraction of sp³-hybridized carbons (Fsp3) is 0.259. The van der Waals surface area contributed by atoms with Crippen LogP contribution in [0.3, 0.4) is 0 Å². The highest BCUT2D eigenvalue weighted by Crippen LogP contribution is 2.45. The molecular formula is C27H24N4O3. The third kappa shape index (κ3) is 3.77. The lowest BCUT2D eigenvalue weighted by Gasteiger charge is -2.38. The van der Waals surface area contributed by atoms with Crippen LogP contribution >= 0.6 is 0 Å². The van der Waals surface area contributed by atoms with Gasteiger partial charge in [-0.25, -0.2) is 9.69 Å². The summed E-state index contributed by atoms with van der Waals surface area (Å²) in [6.07, 6.45) is 1.59. The number of pyridine rings is 1. The van der Waals surface area contributed by atoms with Crippen molar-refractivity contribution in [1.82, 2.24) is 9.88 Å². The van der Waals surface area contributed by atoms with Gasteiger partial charge in [0.15, 0.2) is 0 Å². The molecule has 0 saturated carbocycles. The molecule has 2 amide bonds. The van der Waals surface area contributed by atoms with Gasteiger partial charge in [-0.1, -0.05) is 18.2 Å². The van der Waals surface area contributed by atoms with Crippen LogP contribution in [0.25, 0.3) is 10.9 Å². The Labute approximate surface area is 197 Å². The number of aromatic nitrogens is 1. The molecule has 1 unspecified atom stereocenters. The summed E-state index contributed by atoms with van der Waals surface area (Å²) in [7, 11) is 0. The normalized spacial score (nSPS) is 17.5. The minimum absolute atomic E-state index is 0.240. The lowest BCUT2D eigenvalue weighted by molar-refractivity contribution is -0.127. The van der Waals surface area contributed by atoms with Crippen molar-refractivity contribution >= 4 is 28.6 Å². The summed E-state index contributed by atoms with van der Waals surface area (Å²) in [6.45, 7) is 5.57. The molecule has 7 nitrogen and oxygen atoms in total. The van der Waals surface area contributed by atoms with Crippen molar-refractivity contribution in [3.8, 4) is 6.07 Å². The molecule has 0 saturated heterocycles. The van der Waals surface area contributed by atoms with Gasteiger partial charge >= 0.3 is 6.09 Å². The molecule has 1 atom stereocenters. The van der Waals surface area contributed by atoms with Crippen LogP contribution in [0.15, 0.2) is 66.0 Å². The van der Waals surface area contributed by atoms with Gasteiger partial charge in [0.1, 0.15) is 5.60 Å². The second-order valence-electron chi connectivity index (χ2n) is 9.51. The van der Waals surface area contributed by atoms with Gasteiger partial charge in [0.25, 0.3) is 5.91 Å². The maximum Gasteiger partial charge on any atom is 0.417 e. The Morgan fingerprint density at radius 3 is 2.68 bits per heavy atom. The first-order valence-electron chi connectivity index (χ1n) is 11.2. The zero-order valence-electron chi connectivity index (χ0n) is 19.3. The van der Waals surface area contributed by atoms with Gasteiger partial charge in [0.05, 0.1) is 17.1 Å². The Kier molecular flexibility index (Phi) is 5.09. The molecule has 1 N–H and O–H groups in total. The minimum Gasteiger partial charge on any atom is -0.443 e. The number of hydrogen-bond acceptors (Lipinski definition) is 6. The molecule has 3 heterocycles. The van der Waals surface area contributed by atoms with Gasteiger partial charge in [0.2, 0.25) is 0 Å². The van der Waals surface area contributed by atoms with Gasteiger partial charge in [-0.3, -0.25) is 9.78 Å². The molecule has 2 aromatic carbocycles. The molecule has 0 aliphatic carbocycles. The molecule has 0 bridgehead atoms. The number of carbonyl (C=O) groups is 2. The monoisotopic (exact) mass is 452 g/mol. The predicted octanol–water partition coefficient (Wildman–Crippen LogP) is 5.09. The number of anilines is 1. The van der Waals surface area contributed by atoms with Crippen LogP contribution < -0.4 is 5.32 Å². The summed E-state index contributed by atoms with van der Waals surface area (Å²) in [4.78, 5) is 32.2. The fourth-order valence-electron chi connectivity index (χ4n) is 4.55. The number of nitriles is 1. The molecule has 7 heteroatoms. The van der Waals surface area contributed by atoms with Crippen LogP contribution in [0, 0.1) is 11.3 Å². The summed E-state index contributed by atoms with van der Waals surface area (Å²) in [5, 5.41) is 13.7. The zero-order valence-corrected chi connectivity index (χ0v) is 19.3. The number of fused-ring (bicyclic) bond motifs is 2. The molecular weight excluding hydrogens is 428 g/mol. The number of benzene rings is 2. The van der Waals surface area contributed by atoms with E-state index in [0.717, 1.165) is 33.4 Å². The number of amides is 2. The van der Waals surface area contributed by atoms with E-state index < -0.39 is 17.6 Å². The lowest BCUT2D eigenvalue weighted by Crippen LogP contribution is -2.47. The number of nitrogens with zero attached hydrogens (tertiary/aromatic N) is 3. The number of nitrogens with one attached hydrogen (secondary N) is 1. The second-order valence-corrected chi connectivity index (χ2v) is 9.51. The Balaban J connectivity index is 1.65. The molecule has 34 heavy (non-hydrogen) atoms. The average molecular weight is 453 g/mol. The van der Waals surface area contributed by atoms with Crippen LogP contribution in [0.2, 0.25) is 0 Å². The van der Waals surface area contributed by atoms with E-state index in [1.165, 1.54) is 4.90 Å². The van der Waals surface area contributed by atoms with E-state index in [4.69, 9.17) is 4.74 Å². The quantitative estimate of drug-likeness (QED) is 0.553. The van der Waals surface area contributed by atoms with Crippen molar-refractivity contribution in [3.63, 3.8) is 0 Å². The van der Waals surface area contributed by atoms with E-state index in [1.54, 1.807) is 39.1 Å². The molecule has 2 aliphatic heterocycles. The minimum atomic E-state index is -0.708. The summed E-state index contributed by atoms with van der Waals surface area (Å²) in [6, 6.07) is 17.3. The van der Waals surface area contributed by atoms with Crippen molar-refractivity contribution in [3.05, 3.63) is 82.7 Å². The van der Waals surface area contributed by atoms with Crippen molar-refractivity contribution in [2.45, 2.75) is 38.7 Å². The number of rotatable bonds is 1. The molecule has 0 fully saturated rings. The Morgan fingerprint density at radius 1 is 1.21 bits per heavy atom. The van der Waals surface area contributed by atoms with Crippen LogP contribution in [0.4, 0.5) is 10.5 Å². The van der Waals surface area contributed by atoms with Crippen LogP contribution in [-0.4, -0.2) is 34.0 Å². The summed E-state index contributed by atoms with van der Waals surface area (Å²) < 4.78 is 5.50. The van der Waals surface area contributed by atoms with E-state index >= 15 is 0 Å². The number of hydrogen-bond donors (Lipinski definition) is 1. The molecule has 0 radical (unpaired) electrons. The molecule has 1 aromatic heterocycles. The van der Waals surface area contributed by atoms with E-state index in [2.05, 4.69) is 16.4 Å². The largest absolute Gasteiger partial charge is 0.443 e. The van der Waals surface area contributed by atoms with E-state index in [1.807, 2.05) is 36.4 Å². The third-order valence-electron chi connectivity index (χ3n) is 6.03. The van der Waals surface area contributed by atoms with Crippen LogP contribution in [-0.2, 0) is 9.53 Å².